The van der Waals surface area contributed by atoms with E-state index in [1.54, 1.807) is 0 Å². The van der Waals surface area contributed by atoms with Crippen molar-refractivity contribution in [3.63, 3.8) is 0 Å². The van der Waals surface area contributed by atoms with Crippen LogP contribution < -0.4 is 0 Å². The molecular formula is C47H82O12S. The summed E-state index contributed by atoms with van der Waals surface area (Å²) in [6.07, 6.45) is 34.5. The Morgan fingerprint density at radius 2 is 1.05 bits per heavy atom. The SMILES string of the molecule is CC/C=C\C/C=C\C/C=C\CCCCCC(=O)OC(COC(=O)CCCCCCCCCCC/C=C\CCCCCCCC)COC1OC(CS(=O)(=O)O)C(O)C(O)C1O. The Kier molecular flexibility index (Phi) is 34.5. The molecule has 6 unspecified atom stereocenters. The summed E-state index contributed by atoms with van der Waals surface area (Å²) in [6.45, 7) is 3.61. The molecular weight excluding hydrogens is 789 g/mol. The van der Waals surface area contributed by atoms with E-state index in [2.05, 4.69) is 62.5 Å². The highest BCUT2D eigenvalue weighted by atomic mass is 32.2. The molecule has 60 heavy (non-hydrogen) atoms. The largest absolute Gasteiger partial charge is 0.462 e. The number of unbranched alkanes of at least 4 members (excludes halogenated alkanes) is 18. The number of hydrogen-bond acceptors (Lipinski definition) is 11. The molecule has 0 radical (unpaired) electrons. The van der Waals surface area contributed by atoms with Gasteiger partial charge in [0.05, 0.1) is 6.61 Å². The van der Waals surface area contributed by atoms with Crippen molar-refractivity contribution in [2.75, 3.05) is 19.0 Å². The fourth-order valence-corrected chi connectivity index (χ4v) is 7.49. The molecule has 1 aliphatic heterocycles. The van der Waals surface area contributed by atoms with Gasteiger partial charge in [-0.05, 0) is 70.6 Å². The van der Waals surface area contributed by atoms with Crippen LogP contribution in [0.4, 0.5) is 0 Å². The van der Waals surface area contributed by atoms with Gasteiger partial charge in [-0.3, -0.25) is 14.1 Å². The highest BCUT2D eigenvalue weighted by Crippen LogP contribution is 2.24. The number of carbonyl (C=O) groups is 2. The smallest absolute Gasteiger partial charge is 0.306 e. The van der Waals surface area contributed by atoms with Gasteiger partial charge < -0.3 is 34.3 Å². The van der Waals surface area contributed by atoms with E-state index < -0.39 is 71.2 Å². The van der Waals surface area contributed by atoms with Crippen LogP contribution in [-0.2, 0) is 38.7 Å². The predicted octanol–water partition coefficient (Wildman–Crippen LogP) is 9.56. The van der Waals surface area contributed by atoms with E-state index in [1.807, 2.05) is 0 Å². The normalized spacial score (nSPS) is 20.5. The Bertz CT molecular complexity index is 1300. The Balaban J connectivity index is 2.42. The average molecular weight is 871 g/mol. The monoisotopic (exact) mass is 871 g/mol. The van der Waals surface area contributed by atoms with Crippen LogP contribution in [-0.4, -0.2) is 96.0 Å². The van der Waals surface area contributed by atoms with Crippen molar-refractivity contribution in [2.24, 2.45) is 0 Å². The van der Waals surface area contributed by atoms with Gasteiger partial charge in [0.15, 0.2) is 12.4 Å². The molecule has 1 heterocycles. The number of rotatable bonds is 38. The first-order valence-electron chi connectivity index (χ1n) is 23.2. The molecule has 0 spiro atoms. The number of aliphatic hydroxyl groups excluding tert-OH is 3. The minimum atomic E-state index is -4.61. The van der Waals surface area contributed by atoms with Gasteiger partial charge in [0.2, 0.25) is 0 Å². The van der Waals surface area contributed by atoms with E-state index in [9.17, 15) is 37.9 Å². The van der Waals surface area contributed by atoms with Gasteiger partial charge in [0, 0.05) is 12.8 Å². The number of aliphatic hydroxyl groups is 3. The van der Waals surface area contributed by atoms with Crippen LogP contribution in [0.1, 0.15) is 181 Å². The van der Waals surface area contributed by atoms with Gasteiger partial charge >= 0.3 is 11.9 Å². The number of carbonyl (C=O) groups excluding carboxylic acids is 2. The molecule has 0 aromatic rings. The molecule has 1 rings (SSSR count). The fraction of sp³-hybridized carbons (Fsp3) is 0.787. The quantitative estimate of drug-likeness (QED) is 0.0200. The standard InChI is InChI=1S/C47H82O12S/c1-3-5-7-9-11-13-15-17-18-19-20-21-22-24-25-27-29-31-33-35-42(48)56-37-40(38-57-47-46(52)45(51)44(50)41(59-47)39-60(53,54)55)58-43(49)36-34-32-30-28-26-23-16-14-12-10-8-6-4-2/h6,8,12,14,17-18,23,26,40-41,44-47,50-52H,3-5,7,9-11,13,15-16,19-22,24-25,27-39H2,1-2H3,(H,53,54,55)/b8-6-,14-12-,18-17-,26-23-. The second-order valence-electron chi connectivity index (χ2n) is 16.0. The summed E-state index contributed by atoms with van der Waals surface area (Å²) < 4.78 is 54.0. The van der Waals surface area contributed by atoms with Crippen LogP contribution >= 0.6 is 0 Å². The summed E-state index contributed by atoms with van der Waals surface area (Å²) in [5.41, 5.74) is 0. The van der Waals surface area contributed by atoms with Gasteiger partial charge in [-0.25, -0.2) is 0 Å². The maximum Gasteiger partial charge on any atom is 0.306 e. The van der Waals surface area contributed by atoms with Crippen LogP contribution in [0.3, 0.4) is 0 Å². The maximum atomic E-state index is 12.8. The lowest BCUT2D eigenvalue weighted by atomic mass is 10.00. The minimum absolute atomic E-state index is 0.128. The molecule has 0 saturated carbocycles. The lowest BCUT2D eigenvalue weighted by molar-refractivity contribution is -0.297. The van der Waals surface area contributed by atoms with Crippen LogP contribution in [0.5, 0.6) is 0 Å². The van der Waals surface area contributed by atoms with Crippen molar-refractivity contribution in [1.82, 2.24) is 0 Å². The first-order chi connectivity index (χ1) is 29.0. The Morgan fingerprint density at radius 3 is 1.60 bits per heavy atom. The molecule has 1 fully saturated rings. The average Bonchev–Trinajstić information content (AvgIpc) is 3.21. The van der Waals surface area contributed by atoms with E-state index in [1.165, 1.54) is 83.5 Å². The Morgan fingerprint density at radius 1 is 0.583 bits per heavy atom. The Labute approximate surface area is 363 Å². The summed E-state index contributed by atoms with van der Waals surface area (Å²) >= 11 is 0. The van der Waals surface area contributed by atoms with Crippen molar-refractivity contribution in [2.45, 2.75) is 218 Å². The second-order valence-corrected chi connectivity index (χ2v) is 17.5. The summed E-state index contributed by atoms with van der Waals surface area (Å²) in [6, 6.07) is 0. The van der Waals surface area contributed by atoms with Crippen molar-refractivity contribution >= 4 is 22.1 Å². The third kappa shape index (κ3) is 31.5. The number of esters is 2. The summed E-state index contributed by atoms with van der Waals surface area (Å²) in [5, 5.41) is 30.9. The third-order valence-electron chi connectivity index (χ3n) is 10.4. The zero-order chi connectivity index (χ0) is 44.1. The first kappa shape index (κ1) is 55.6. The summed E-state index contributed by atoms with van der Waals surface area (Å²) in [4.78, 5) is 25.4. The molecule has 0 bridgehead atoms. The molecule has 4 N–H and O–H groups in total. The van der Waals surface area contributed by atoms with Crippen LogP contribution in [0, 0.1) is 0 Å². The summed E-state index contributed by atoms with van der Waals surface area (Å²) in [5.74, 6) is -2.03. The molecule has 348 valence electrons. The molecule has 1 saturated heterocycles. The van der Waals surface area contributed by atoms with E-state index in [0.717, 1.165) is 57.8 Å². The topological polar surface area (TPSA) is 186 Å². The van der Waals surface area contributed by atoms with Gasteiger partial charge in [0.1, 0.15) is 36.8 Å². The predicted molar refractivity (Wildman–Crippen MR) is 238 cm³/mol. The molecule has 13 heteroatoms. The molecule has 0 aliphatic carbocycles. The van der Waals surface area contributed by atoms with Crippen molar-refractivity contribution < 1.29 is 56.8 Å². The highest BCUT2D eigenvalue weighted by molar-refractivity contribution is 7.85. The molecule has 12 nitrogen and oxygen atoms in total. The fourth-order valence-electron chi connectivity index (χ4n) is 6.80. The zero-order valence-electron chi connectivity index (χ0n) is 37.1. The van der Waals surface area contributed by atoms with E-state index in [-0.39, 0.29) is 19.4 Å². The van der Waals surface area contributed by atoms with Gasteiger partial charge in [-0.1, -0.05) is 146 Å². The number of allylic oxidation sites excluding steroid dienone is 8. The molecule has 1 aliphatic rings. The second kappa shape index (κ2) is 37.2. The van der Waals surface area contributed by atoms with Crippen molar-refractivity contribution in [3.05, 3.63) is 48.6 Å². The highest BCUT2D eigenvalue weighted by Gasteiger charge is 2.46. The van der Waals surface area contributed by atoms with Gasteiger partial charge in [-0.2, -0.15) is 8.42 Å². The first-order valence-corrected chi connectivity index (χ1v) is 24.8. The van der Waals surface area contributed by atoms with Crippen LogP contribution in [0.15, 0.2) is 48.6 Å². The zero-order valence-corrected chi connectivity index (χ0v) is 37.9. The maximum absolute atomic E-state index is 12.8. The van der Waals surface area contributed by atoms with Crippen LogP contribution in [0.2, 0.25) is 0 Å². The lowest BCUT2D eigenvalue weighted by Crippen LogP contribution is -2.60. The van der Waals surface area contributed by atoms with Crippen molar-refractivity contribution in [3.8, 4) is 0 Å². The lowest BCUT2D eigenvalue weighted by Gasteiger charge is -2.40. The summed E-state index contributed by atoms with van der Waals surface area (Å²) in [7, 11) is -4.61. The van der Waals surface area contributed by atoms with E-state index >= 15 is 0 Å². The number of hydrogen-bond donors (Lipinski definition) is 4. The molecule has 0 aromatic heterocycles. The molecule has 0 amide bonds. The Hall–Kier alpha value is -2.39. The minimum Gasteiger partial charge on any atom is -0.462 e. The van der Waals surface area contributed by atoms with E-state index in [0.29, 0.717) is 12.8 Å². The molecule has 0 aromatic carbocycles. The van der Waals surface area contributed by atoms with Crippen molar-refractivity contribution in [1.29, 1.82) is 0 Å². The molecule has 6 atom stereocenters. The number of ether oxygens (including phenoxy) is 4. The van der Waals surface area contributed by atoms with Crippen LogP contribution in [0.25, 0.3) is 0 Å². The van der Waals surface area contributed by atoms with Gasteiger partial charge in [0.25, 0.3) is 10.1 Å². The van der Waals surface area contributed by atoms with E-state index in [4.69, 9.17) is 18.9 Å². The third-order valence-corrected chi connectivity index (χ3v) is 11.1. The van der Waals surface area contributed by atoms with Gasteiger partial charge in [-0.15, -0.1) is 0 Å².